The van der Waals surface area contributed by atoms with Gasteiger partial charge in [-0.15, -0.1) is 0 Å². The molecule has 0 bridgehead atoms. The Labute approximate surface area is 83.4 Å². The molecule has 0 aromatic rings. The third-order valence-corrected chi connectivity index (χ3v) is 2.87. The molecule has 3 heteroatoms. The minimum atomic E-state index is -0.519. The highest BCUT2D eigenvalue weighted by atomic mass is 16.7. The Kier molecular flexibility index (Phi) is 2.09. The van der Waals surface area contributed by atoms with Gasteiger partial charge in [-0.25, -0.2) is 0 Å². The van der Waals surface area contributed by atoms with E-state index in [-0.39, 0.29) is 5.78 Å². The summed E-state index contributed by atoms with van der Waals surface area (Å²) < 4.78 is 11.1. The number of hydrogen-bond donors (Lipinski definition) is 0. The minimum Gasteiger partial charge on any atom is -0.353 e. The molecule has 0 aromatic carbocycles. The average molecular weight is 194 g/mol. The predicted octanol–water partition coefficient (Wildman–Crippen LogP) is 1.59. The number of ketones is 1. The summed E-state index contributed by atoms with van der Waals surface area (Å²) in [5, 5.41) is 0. The third-order valence-electron chi connectivity index (χ3n) is 2.87. The van der Waals surface area contributed by atoms with Gasteiger partial charge in [0, 0.05) is 13.5 Å². The van der Waals surface area contributed by atoms with Gasteiger partial charge in [0.15, 0.2) is 11.6 Å². The number of rotatable bonds is 1. The first-order valence-corrected chi connectivity index (χ1v) is 4.75. The van der Waals surface area contributed by atoms with E-state index in [0.717, 1.165) is 12.8 Å². The van der Waals surface area contributed by atoms with Crippen molar-refractivity contribution in [2.24, 2.45) is 0 Å². The van der Waals surface area contributed by atoms with Crippen LogP contribution in [0, 0.1) is 0 Å². The number of hydrogen-bond acceptors (Lipinski definition) is 3. The van der Waals surface area contributed by atoms with Gasteiger partial charge in [0.25, 0.3) is 0 Å². The Balaban J connectivity index is 2.18. The van der Waals surface area contributed by atoms with E-state index in [1.807, 2.05) is 19.1 Å². The summed E-state index contributed by atoms with van der Waals surface area (Å²) in [6, 6.07) is 0. The first-order chi connectivity index (χ1) is 6.58. The van der Waals surface area contributed by atoms with E-state index < -0.39 is 11.4 Å². The largest absolute Gasteiger partial charge is 0.353 e. The van der Waals surface area contributed by atoms with Crippen LogP contribution in [0.4, 0.5) is 0 Å². The number of allylic oxidation sites excluding steroid dienone is 2. The molecule has 0 N–H and O–H groups in total. The van der Waals surface area contributed by atoms with Crippen molar-refractivity contribution in [1.29, 1.82) is 0 Å². The Morgan fingerprint density at radius 2 is 2.00 bits per heavy atom. The van der Waals surface area contributed by atoms with E-state index >= 15 is 0 Å². The molecule has 1 unspecified atom stereocenters. The van der Waals surface area contributed by atoms with Crippen LogP contribution in [0.3, 0.4) is 0 Å². The van der Waals surface area contributed by atoms with Crippen LogP contribution in [0.5, 0.6) is 0 Å². The maximum absolute atomic E-state index is 11.0. The molecule has 0 radical (unpaired) electrons. The molecule has 14 heavy (non-hydrogen) atoms. The Hall–Kier alpha value is -0.930. The average Bonchev–Trinajstić information content (AvgIpc) is 2.51. The second-order valence-corrected chi connectivity index (χ2v) is 3.96. The van der Waals surface area contributed by atoms with E-state index in [2.05, 4.69) is 0 Å². The van der Waals surface area contributed by atoms with Gasteiger partial charge in [0.2, 0.25) is 0 Å². The van der Waals surface area contributed by atoms with Crippen molar-refractivity contribution in [1.82, 2.24) is 0 Å². The first-order valence-electron chi connectivity index (χ1n) is 4.75. The van der Waals surface area contributed by atoms with Gasteiger partial charge >= 0.3 is 0 Å². The molecule has 3 nitrogen and oxygen atoms in total. The topological polar surface area (TPSA) is 35.5 Å². The summed E-state index contributed by atoms with van der Waals surface area (Å²) in [6.45, 7) is 1.92. The Bertz CT molecular complexity index is 300. The summed E-state index contributed by atoms with van der Waals surface area (Å²) in [7, 11) is 1.64. The fraction of sp³-hybridized carbons (Fsp3) is 0.545. The van der Waals surface area contributed by atoms with Crippen LogP contribution in [0.25, 0.3) is 0 Å². The van der Waals surface area contributed by atoms with Gasteiger partial charge in [-0.3, -0.25) is 4.79 Å². The van der Waals surface area contributed by atoms with Gasteiger partial charge in [-0.2, -0.15) is 0 Å². The van der Waals surface area contributed by atoms with Gasteiger partial charge < -0.3 is 9.47 Å². The summed E-state index contributed by atoms with van der Waals surface area (Å²) in [5.41, 5.74) is -0.418. The molecular formula is C11H14O3. The van der Waals surface area contributed by atoms with Crippen molar-refractivity contribution in [3.05, 3.63) is 24.3 Å². The van der Waals surface area contributed by atoms with Crippen molar-refractivity contribution >= 4 is 5.78 Å². The zero-order valence-electron chi connectivity index (χ0n) is 8.45. The van der Waals surface area contributed by atoms with Crippen molar-refractivity contribution < 1.29 is 14.3 Å². The number of carbonyl (C=O) groups is 1. The predicted molar refractivity (Wildman–Crippen MR) is 51.8 cm³/mol. The molecule has 1 spiro atoms. The standard InChI is InChI=1S/C11H14O3/c1-10(13-2)7-8-11(14-10)5-3-9(12)4-6-11/h3-6H,7-8H2,1-2H3. The zero-order valence-corrected chi connectivity index (χ0v) is 8.45. The molecule has 1 atom stereocenters. The first kappa shape index (κ1) is 9.62. The summed E-state index contributed by atoms with van der Waals surface area (Å²) in [4.78, 5) is 11.0. The molecule has 0 saturated carbocycles. The molecule has 0 amide bonds. The van der Waals surface area contributed by atoms with Crippen LogP contribution in [0.15, 0.2) is 24.3 Å². The summed E-state index contributed by atoms with van der Waals surface area (Å²) in [5.74, 6) is -0.500. The van der Waals surface area contributed by atoms with Gasteiger partial charge in [0.1, 0.15) is 5.60 Å². The molecule has 2 rings (SSSR count). The zero-order chi connectivity index (χ0) is 10.2. The van der Waals surface area contributed by atoms with Crippen LogP contribution in [0.2, 0.25) is 0 Å². The van der Waals surface area contributed by atoms with Crippen LogP contribution >= 0.6 is 0 Å². The van der Waals surface area contributed by atoms with E-state index in [4.69, 9.17) is 9.47 Å². The second-order valence-electron chi connectivity index (χ2n) is 3.96. The normalized spacial score (nSPS) is 34.3. The Morgan fingerprint density at radius 1 is 1.36 bits per heavy atom. The van der Waals surface area contributed by atoms with Crippen LogP contribution < -0.4 is 0 Å². The SMILES string of the molecule is COC1(C)CCC2(C=CC(=O)C=C2)O1. The highest BCUT2D eigenvalue weighted by Crippen LogP contribution is 2.40. The lowest BCUT2D eigenvalue weighted by Crippen LogP contribution is -2.33. The van der Waals surface area contributed by atoms with Gasteiger partial charge in [-0.05, 0) is 37.6 Å². The van der Waals surface area contributed by atoms with Crippen LogP contribution in [-0.2, 0) is 14.3 Å². The minimum absolute atomic E-state index is 0.0187. The number of ether oxygens (including phenoxy) is 2. The maximum Gasteiger partial charge on any atom is 0.178 e. The van der Waals surface area contributed by atoms with Gasteiger partial charge in [-0.1, -0.05) is 0 Å². The van der Waals surface area contributed by atoms with E-state index in [9.17, 15) is 4.79 Å². The molecule has 0 aromatic heterocycles. The van der Waals surface area contributed by atoms with Crippen LogP contribution in [-0.4, -0.2) is 24.3 Å². The Morgan fingerprint density at radius 3 is 2.50 bits per heavy atom. The number of methoxy groups -OCH3 is 1. The smallest absolute Gasteiger partial charge is 0.178 e. The van der Waals surface area contributed by atoms with Crippen molar-refractivity contribution in [2.75, 3.05) is 7.11 Å². The van der Waals surface area contributed by atoms with E-state index in [1.54, 1.807) is 19.3 Å². The van der Waals surface area contributed by atoms with Crippen molar-refractivity contribution in [3.8, 4) is 0 Å². The fourth-order valence-electron chi connectivity index (χ4n) is 1.86. The molecule has 1 aliphatic heterocycles. The van der Waals surface area contributed by atoms with Crippen molar-refractivity contribution in [3.63, 3.8) is 0 Å². The number of carbonyl (C=O) groups excluding carboxylic acids is 1. The molecule has 1 heterocycles. The molecular weight excluding hydrogens is 180 g/mol. The maximum atomic E-state index is 11.0. The quantitative estimate of drug-likeness (QED) is 0.636. The van der Waals surface area contributed by atoms with E-state index in [1.165, 1.54) is 0 Å². The lowest BCUT2D eigenvalue weighted by Gasteiger charge is -2.28. The molecule has 1 saturated heterocycles. The summed E-state index contributed by atoms with van der Waals surface area (Å²) >= 11 is 0. The highest BCUT2D eigenvalue weighted by molar-refractivity contribution is 6.00. The third kappa shape index (κ3) is 1.53. The highest BCUT2D eigenvalue weighted by Gasteiger charge is 2.44. The molecule has 2 aliphatic rings. The second kappa shape index (κ2) is 3.04. The lowest BCUT2D eigenvalue weighted by atomic mass is 9.94. The van der Waals surface area contributed by atoms with Gasteiger partial charge in [0.05, 0.1) is 0 Å². The summed E-state index contributed by atoms with van der Waals surface area (Å²) in [6.07, 6.45) is 8.45. The molecule has 76 valence electrons. The molecule has 1 fully saturated rings. The van der Waals surface area contributed by atoms with E-state index in [0.29, 0.717) is 0 Å². The van der Waals surface area contributed by atoms with Crippen molar-refractivity contribution in [2.45, 2.75) is 31.2 Å². The monoisotopic (exact) mass is 194 g/mol. The molecule has 1 aliphatic carbocycles. The lowest BCUT2D eigenvalue weighted by molar-refractivity contribution is -0.207. The fourth-order valence-corrected chi connectivity index (χ4v) is 1.86. The van der Waals surface area contributed by atoms with Crippen LogP contribution in [0.1, 0.15) is 19.8 Å².